The van der Waals surface area contributed by atoms with Gasteiger partial charge in [0, 0.05) is 11.0 Å². The Bertz CT molecular complexity index is 494. The molecule has 0 heterocycles. The van der Waals surface area contributed by atoms with Crippen molar-refractivity contribution in [3.05, 3.63) is 27.7 Å². The van der Waals surface area contributed by atoms with E-state index in [0.29, 0.717) is 12.3 Å². The molecule has 0 bridgehead atoms. The van der Waals surface area contributed by atoms with Crippen LogP contribution in [0.4, 0.5) is 4.79 Å². The van der Waals surface area contributed by atoms with E-state index in [1.807, 2.05) is 26.0 Å². The van der Waals surface area contributed by atoms with E-state index in [-0.39, 0.29) is 0 Å². The maximum Gasteiger partial charge on any atom is 0.321 e. The summed E-state index contributed by atoms with van der Waals surface area (Å²) in [6.07, 6.45) is -0.752. The first-order valence-corrected chi connectivity index (χ1v) is 7.16. The maximum atomic E-state index is 11.8. The molecule has 3 amide bonds. The number of rotatable bonds is 4. The molecule has 1 aromatic carbocycles. The van der Waals surface area contributed by atoms with Crippen molar-refractivity contribution in [1.29, 1.82) is 0 Å². The number of urea groups is 1. The van der Waals surface area contributed by atoms with Crippen molar-refractivity contribution in [3.63, 3.8) is 0 Å². The molecule has 0 radical (unpaired) electrons. The minimum Gasteiger partial charge on any atom is -0.481 e. The third kappa shape index (κ3) is 4.52. The molecule has 0 saturated heterocycles. The Morgan fingerprint density at radius 1 is 1.30 bits per heavy atom. The largest absolute Gasteiger partial charge is 0.481 e. The number of halogens is 1. The number of hydrogen-bond acceptors (Lipinski definition) is 3. The summed E-state index contributed by atoms with van der Waals surface area (Å²) in [7, 11) is 0. The van der Waals surface area contributed by atoms with Crippen LogP contribution in [0.25, 0.3) is 0 Å². The molecular formula is C14H19BrN2O3. The quantitative estimate of drug-likeness (QED) is 0.883. The molecule has 0 saturated carbocycles. The van der Waals surface area contributed by atoms with E-state index in [1.54, 1.807) is 13.8 Å². The third-order valence-corrected chi connectivity index (χ3v) is 3.92. The van der Waals surface area contributed by atoms with Crippen molar-refractivity contribution in [2.75, 3.05) is 6.54 Å². The lowest BCUT2D eigenvalue weighted by Crippen LogP contribution is -2.45. The molecule has 2 N–H and O–H groups in total. The first-order valence-electron chi connectivity index (χ1n) is 6.37. The second-order valence-corrected chi connectivity index (χ2v) is 5.27. The predicted octanol–water partition coefficient (Wildman–Crippen LogP) is 2.68. The molecule has 1 atom stereocenters. The smallest absolute Gasteiger partial charge is 0.321 e. The van der Waals surface area contributed by atoms with Crippen molar-refractivity contribution in [1.82, 2.24) is 10.6 Å². The normalized spacial score (nSPS) is 11.7. The summed E-state index contributed by atoms with van der Waals surface area (Å²) in [5, 5.41) is 4.71. The van der Waals surface area contributed by atoms with Gasteiger partial charge in [-0.05, 0) is 51.0 Å². The third-order valence-electron chi connectivity index (χ3n) is 2.67. The van der Waals surface area contributed by atoms with Gasteiger partial charge in [-0.25, -0.2) is 4.79 Å². The van der Waals surface area contributed by atoms with Crippen molar-refractivity contribution in [2.45, 2.75) is 33.8 Å². The number of hydrogen-bond donors (Lipinski definition) is 2. The van der Waals surface area contributed by atoms with Crippen molar-refractivity contribution < 1.29 is 14.3 Å². The number of ether oxygens (including phenoxy) is 1. The van der Waals surface area contributed by atoms with Gasteiger partial charge in [0.1, 0.15) is 5.75 Å². The van der Waals surface area contributed by atoms with E-state index in [0.717, 1.165) is 15.6 Å². The lowest BCUT2D eigenvalue weighted by molar-refractivity contribution is -0.126. The van der Waals surface area contributed by atoms with Gasteiger partial charge in [0.05, 0.1) is 0 Å². The second kappa shape index (κ2) is 7.28. The maximum absolute atomic E-state index is 11.8. The number of imide groups is 1. The molecule has 0 spiro atoms. The van der Waals surface area contributed by atoms with E-state index < -0.39 is 18.0 Å². The van der Waals surface area contributed by atoms with E-state index in [4.69, 9.17) is 4.74 Å². The van der Waals surface area contributed by atoms with Gasteiger partial charge < -0.3 is 10.1 Å². The van der Waals surface area contributed by atoms with Gasteiger partial charge in [0.15, 0.2) is 6.10 Å². The molecule has 6 heteroatoms. The highest BCUT2D eigenvalue weighted by Crippen LogP contribution is 2.26. The number of amides is 3. The van der Waals surface area contributed by atoms with Gasteiger partial charge in [0.2, 0.25) is 0 Å². The molecule has 1 rings (SSSR count). The van der Waals surface area contributed by atoms with Crippen LogP contribution in [0.1, 0.15) is 25.0 Å². The number of aryl methyl sites for hydroxylation is 2. The van der Waals surface area contributed by atoms with Crippen LogP contribution in [0.2, 0.25) is 0 Å². The molecule has 110 valence electrons. The van der Waals surface area contributed by atoms with Crippen LogP contribution in [-0.4, -0.2) is 24.6 Å². The molecule has 0 aliphatic heterocycles. The minimum absolute atomic E-state index is 0.458. The Morgan fingerprint density at radius 3 is 2.35 bits per heavy atom. The highest BCUT2D eigenvalue weighted by molar-refractivity contribution is 9.10. The van der Waals surface area contributed by atoms with Gasteiger partial charge in [-0.1, -0.05) is 15.9 Å². The fraction of sp³-hybridized carbons (Fsp3) is 0.429. The average molecular weight is 343 g/mol. The van der Waals surface area contributed by atoms with E-state index in [1.165, 1.54) is 0 Å². The zero-order valence-corrected chi connectivity index (χ0v) is 13.6. The van der Waals surface area contributed by atoms with Crippen LogP contribution >= 0.6 is 15.9 Å². The molecule has 0 fully saturated rings. The van der Waals surface area contributed by atoms with Gasteiger partial charge >= 0.3 is 6.03 Å². The fourth-order valence-corrected chi connectivity index (χ4v) is 1.88. The van der Waals surface area contributed by atoms with Crippen LogP contribution in [0.15, 0.2) is 16.6 Å². The first-order chi connectivity index (χ1) is 9.35. The van der Waals surface area contributed by atoms with E-state index in [9.17, 15) is 9.59 Å². The molecule has 1 unspecified atom stereocenters. The Morgan fingerprint density at radius 2 is 1.85 bits per heavy atom. The van der Waals surface area contributed by atoms with Gasteiger partial charge in [0.25, 0.3) is 5.91 Å². The van der Waals surface area contributed by atoms with E-state index in [2.05, 4.69) is 26.6 Å². The molecule has 20 heavy (non-hydrogen) atoms. The molecule has 0 aromatic heterocycles. The summed E-state index contributed by atoms with van der Waals surface area (Å²) in [6.45, 7) is 7.73. The average Bonchev–Trinajstić information content (AvgIpc) is 2.35. The molecular weight excluding hydrogens is 324 g/mol. The summed E-state index contributed by atoms with van der Waals surface area (Å²) in [4.78, 5) is 23.0. The Hall–Kier alpha value is -1.56. The molecule has 1 aromatic rings. The number of carbonyl (C=O) groups excluding carboxylic acids is 2. The zero-order valence-electron chi connectivity index (χ0n) is 12.0. The SMILES string of the molecule is CCNC(=O)NC(=O)C(C)Oc1cc(C)c(Br)c(C)c1. The van der Waals surface area contributed by atoms with Gasteiger partial charge in [-0.15, -0.1) is 0 Å². The monoisotopic (exact) mass is 342 g/mol. The summed E-state index contributed by atoms with van der Waals surface area (Å²) < 4.78 is 6.58. The van der Waals surface area contributed by atoms with E-state index >= 15 is 0 Å². The Labute approximate surface area is 127 Å². The Balaban J connectivity index is 2.68. The van der Waals surface area contributed by atoms with Crippen LogP contribution in [0.3, 0.4) is 0 Å². The molecule has 0 aliphatic carbocycles. The van der Waals surface area contributed by atoms with Crippen molar-refractivity contribution >= 4 is 27.9 Å². The minimum atomic E-state index is -0.752. The molecule has 5 nitrogen and oxygen atoms in total. The number of nitrogens with one attached hydrogen (secondary N) is 2. The standard InChI is InChI=1S/C14H19BrN2O3/c1-5-16-14(19)17-13(18)10(4)20-11-6-8(2)12(15)9(3)7-11/h6-7,10H,5H2,1-4H3,(H2,16,17,18,19). The summed E-state index contributed by atoms with van der Waals surface area (Å²) in [5.41, 5.74) is 2.05. The van der Waals surface area contributed by atoms with Crippen LogP contribution < -0.4 is 15.4 Å². The first kappa shape index (κ1) is 16.5. The molecule has 0 aliphatic rings. The summed E-state index contributed by atoms with van der Waals surface area (Å²) >= 11 is 3.47. The van der Waals surface area contributed by atoms with Gasteiger partial charge in [-0.3, -0.25) is 10.1 Å². The second-order valence-electron chi connectivity index (χ2n) is 4.48. The summed E-state index contributed by atoms with van der Waals surface area (Å²) in [6, 6.07) is 3.16. The predicted molar refractivity (Wildman–Crippen MR) is 80.9 cm³/mol. The van der Waals surface area contributed by atoms with Crippen molar-refractivity contribution in [3.8, 4) is 5.75 Å². The lowest BCUT2D eigenvalue weighted by Gasteiger charge is -2.16. The Kier molecular flexibility index (Phi) is 6.01. The lowest BCUT2D eigenvalue weighted by atomic mass is 10.1. The van der Waals surface area contributed by atoms with Crippen LogP contribution in [0.5, 0.6) is 5.75 Å². The summed E-state index contributed by atoms with van der Waals surface area (Å²) in [5.74, 6) is 0.121. The highest BCUT2D eigenvalue weighted by atomic mass is 79.9. The number of carbonyl (C=O) groups is 2. The van der Waals surface area contributed by atoms with Crippen LogP contribution in [-0.2, 0) is 4.79 Å². The van der Waals surface area contributed by atoms with Gasteiger partial charge in [-0.2, -0.15) is 0 Å². The van der Waals surface area contributed by atoms with Crippen molar-refractivity contribution in [2.24, 2.45) is 0 Å². The topological polar surface area (TPSA) is 67.4 Å². The van der Waals surface area contributed by atoms with Crippen LogP contribution in [0, 0.1) is 13.8 Å². The fourth-order valence-electron chi connectivity index (χ4n) is 1.65. The number of benzene rings is 1. The zero-order chi connectivity index (χ0) is 15.3. The highest BCUT2D eigenvalue weighted by Gasteiger charge is 2.17.